The summed E-state index contributed by atoms with van der Waals surface area (Å²) in [5, 5.41) is 4.82. The average molecular weight is 771 g/mol. The minimum Gasteiger partial charge on any atom is -0.456 e. The highest BCUT2D eigenvalue weighted by Gasteiger charge is 2.54. The maximum Gasteiger partial charge on any atom is 0.135 e. The van der Waals surface area contributed by atoms with Gasteiger partial charge in [0.2, 0.25) is 0 Å². The van der Waals surface area contributed by atoms with Crippen LogP contribution in [-0.2, 0) is 0 Å². The lowest BCUT2D eigenvalue weighted by Crippen LogP contribution is -2.51. The molecule has 3 aliphatic rings. The van der Waals surface area contributed by atoms with Crippen LogP contribution in [-0.4, -0.2) is 4.57 Å². The zero-order valence-corrected chi connectivity index (χ0v) is 35.1. The van der Waals surface area contributed by atoms with Crippen LogP contribution in [0.5, 0.6) is 0 Å². The molecular formula is C56H54N2O. The number of nitrogens with zero attached hydrogens (tertiary/aromatic N) is 2. The Hall–Kier alpha value is -5.80. The lowest BCUT2D eigenvalue weighted by molar-refractivity contribution is -0.0386. The van der Waals surface area contributed by atoms with E-state index in [1.54, 1.807) is 0 Å². The van der Waals surface area contributed by atoms with Crippen molar-refractivity contribution >= 4 is 66.5 Å². The highest BCUT2D eigenvalue weighted by molar-refractivity contribution is 6.18. The number of para-hydroxylation sites is 1. The molecule has 2 atom stereocenters. The number of furan rings is 1. The van der Waals surface area contributed by atoms with Gasteiger partial charge in [0.1, 0.15) is 11.2 Å². The number of fused-ring (bicyclic) bond motifs is 7. The smallest absolute Gasteiger partial charge is 0.135 e. The molecule has 0 amide bonds. The Morgan fingerprint density at radius 3 is 2.15 bits per heavy atom. The number of aromatic nitrogens is 1. The first kappa shape index (κ1) is 36.3. The van der Waals surface area contributed by atoms with Crippen LogP contribution in [0.2, 0.25) is 0 Å². The average Bonchev–Trinajstić information content (AvgIpc) is 4.00. The predicted octanol–water partition coefficient (Wildman–Crippen LogP) is 16.4. The third kappa shape index (κ3) is 5.68. The Labute approximate surface area is 348 Å². The van der Waals surface area contributed by atoms with E-state index in [4.69, 9.17) is 4.42 Å². The molecule has 2 unspecified atom stereocenters. The molecular weight excluding hydrogens is 717 g/mol. The predicted molar refractivity (Wildman–Crippen MR) is 250 cm³/mol. The quantitative estimate of drug-likeness (QED) is 0.168. The molecule has 0 bridgehead atoms. The number of allylic oxidation sites excluding steroid dienone is 4. The van der Waals surface area contributed by atoms with Crippen molar-refractivity contribution in [1.82, 2.24) is 4.57 Å². The van der Waals surface area contributed by atoms with Gasteiger partial charge in [-0.05, 0) is 131 Å². The van der Waals surface area contributed by atoms with E-state index in [9.17, 15) is 0 Å². The first-order valence-electron chi connectivity index (χ1n) is 22.0. The van der Waals surface area contributed by atoms with Crippen molar-refractivity contribution in [3.8, 4) is 11.1 Å². The lowest BCUT2D eigenvalue weighted by Gasteiger charge is -2.58. The number of anilines is 3. The van der Waals surface area contributed by atoms with E-state index < -0.39 is 0 Å². The van der Waals surface area contributed by atoms with Crippen molar-refractivity contribution in [1.29, 1.82) is 0 Å². The molecule has 2 saturated carbocycles. The Bertz CT molecular complexity index is 2970. The number of hydrogen-bond donors (Lipinski definition) is 0. The second kappa shape index (κ2) is 13.4. The summed E-state index contributed by atoms with van der Waals surface area (Å²) in [6.45, 7) is 12.5. The zero-order valence-electron chi connectivity index (χ0n) is 35.1. The van der Waals surface area contributed by atoms with E-state index in [1.807, 2.05) is 0 Å². The van der Waals surface area contributed by atoms with Crippen LogP contribution in [0.15, 0.2) is 156 Å². The first-order chi connectivity index (χ1) is 28.6. The molecule has 0 aliphatic heterocycles. The molecule has 8 aromatic rings. The molecule has 294 valence electrons. The minimum atomic E-state index is 0.0116. The van der Waals surface area contributed by atoms with Gasteiger partial charge in [-0.1, -0.05) is 138 Å². The van der Waals surface area contributed by atoms with Crippen molar-refractivity contribution in [2.24, 2.45) is 22.2 Å². The number of benzene rings is 6. The molecule has 59 heavy (non-hydrogen) atoms. The van der Waals surface area contributed by atoms with Gasteiger partial charge in [-0.25, -0.2) is 0 Å². The molecule has 0 N–H and O–H groups in total. The summed E-state index contributed by atoms with van der Waals surface area (Å²) in [7, 11) is 0. The third-order valence-electron chi connectivity index (χ3n) is 15.2. The fourth-order valence-corrected chi connectivity index (χ4v) is 11.5. The highest BCUT2D eigenvalue weighted by atomic mass is 16.3. The van der Waals surface area contributed by atoms with Gasteiger partial charge in [-0.15, -0.1) is 0 Å². The van der Waals surface area contributed by atoms with Gasteiger partial charge in [0, 0.05) is 38.6 Å². The minimum absolute atomic E-state index is 0.0116. The highest BCUT2D eigenvalue weighted by Crippen LogP contribution is 2.63. The number of hydrogen-bond acceptors (Lipinski definition) is 2. The monoisotopic (exact) mass is 770 g/mol. The molecule has 6 aromatic carbocycles. The van der Waals surface area contributed by atoms with E-state index in [1.165, 1.54) is 88.4 Å². The molecule has 2 aromatic heterocycles. The molecule has 0 saturated heterocycles. The molecule has 3 nitrogen and oxygen atoms in total. The zero-order chi connectivity index (χ0) is 40.1. The van der Waals surface area contributed by atoms with Crippen LogP contribution >= 0.6 is 0 Å². The fraction of sp³-hybridized carbons (Fsp3) is 0.286. The summed E-state index contributed by atoms with van der Waals surface area (Å²) in [5.74, 6) is 1.10. The molecule has 11 rings (SSSR count). The molecule has 0 radical (unpaired) electrons. The maximum absolute atomic E-state index is 6.35. The lowest BCUT2D eigenvalue weighted by atomic mass is 9.46. The summed E-state index contributed by atoms with van der Waals surface area (Å²) < 4.78 is 8.97. The van der Waals surface area contributed by atoms with Crippen LogP contribution in [0.25, 0.3) is 60.6 Å². The second-order valence-electron chi connectivity index (χ2n) is 19.4. The van der Waals surface area contributed by atoms with E-state index in [0.29, 0.717) is 11.8 Å². The largest absolute Gasteiger partial charge is 0.456 e. The van der Waals surface area contributed by atoms with Crippen LogP contribution in [0.1, 0.15) is 84.6 Å². The Kier molecular flexibility index (Phi) is 8.22. The third-order valence-corrected chi connectivity index (χ3v) is 15.2. The maximum atomic E-state index is 6.35. The Balaban J connectivity index is 1.17. The Morgan fingerprint density at radius 1 is 0.610 bits per heavy atom. The van der Waals surface area contributed by atoms with Gasteiger partial charge in [-0.2, -0.15) is 0 Å². The van der Waals surface area contributed by atoms with Crippen molar-refractivity contribution in [3.63, 3.8) is 0 Å². The summed E-state index contributed by atoms with van der Waals surface area (Å²) in [5.41, 5.74) is 13.4. The van der Waals surface area contributed by atoms with Crippen molar-refractivity contribution in [2.45, 2.75) is 79.1 Å². The van der Waals surface area contributed by atoms with Gasteiger partial charge < -0.3 is 13.9 Å². The van der Waals surface area contributed by atoms with Gasteiger partial charge in [0.15, 0.2) is 0 Å². The molecule has 2 heterocycles. The van der Waals surface area contributed by atoms with Gasteiger partial charge in [0.25, 0.3) is 0 Å². The van der Waals surface area contributed by atoms with E-state index in [-0.39, 0.29) is 16.2 Å². The molecule has 2 fully saturated rings. The summed E-state index contributed by atoms with van der Waals surface area (Å²) in [4.78, 5) is 2.47. The summed E-state index contributed by atoms with van der Waals surface area (Å²) in [6.07, 6.45) is 15.4. The summed E-state index contributed by atoms with van der Waals surface area (Å²) >= 11 is 0. The van der Waals surface area contributed by atoms with E-state index >= 15 is 0 Å². The summed E-state index contributed by atoms with van der Waals surface area (Å²) in [6, 6.07) is 49.3. The Morgan fingerprint density at radius 2 is 1.34 bits per heavy atom. The second-order valence-corrected chi connectivity index (χ2v) is 19.4. The van der Waals surface area contributed by atoms with Gasteiger partial charge >= 0.3 is 0 Å². The van der Waals surface area contributed by atoms with Crippen LogP contribution in [0, 0.1) is 22.2 Å². The first-order valence-corrected chi connectivity index (χ1v) is 22.0. The van der Waals surface area contributed by atoms with Crippen LogP contribution in [0.4, 0.5) is 17.1 Å². The normalized spacial score (nSPS) is 21.4. The molecule has 3 aliphatic carbocycles. The van der Waals surface area contributed by atoms with E-state index in [2.05, 4.69) is 196 Å². The van der Waals surface area contributed by atoms with Gasteiger partial charge in [-0.3, -0.25) is 0 Å². The van der Waals surface area contributed by atoms with Crippen molar-refractivity contribution < 1.29 is 4.42 Å². The molecule has 0 spiro atoms. The van der Waals surface area contributed by atoms with E-state index in [0.717, 1.165) is 33.3 Å². The SMILES string of the molecule is CC1(C)CCC(C)(C)C2(C)C=C(n3c4cc(C5CCCC5)ccc4c4c(N(c5ccc(-c6ccccc6)cc5)c5ccc6oc7ccccc7c6c5)cccc43)C=CC12. The topological polar surface area (TPSA) is 21.3 Å². The van der Waals surface area contributed by atoms with Crippen molar-refractivity contribution in [2.75, 3.05) is 4.90 Å². The number of rotatable bonds is 6. The van der Waals surface area contributed by atoms with Crippen LogP contribution < -0.4 is 4.90 Å². The van der Waals surface area contributed by atoms with Gasteiger partial charge in [0.05, 0.1) is 16.7 Å². The standard InChI is InChI=1S/C56H54N2O/c1-54(2)32-33-55(3,4)56(5)36-43(28-31-52(54)56)58-48-20-13-19-47(53(48)45-29-24-40(34-49(45)58)38-16-9-10-17-38)57(41-25-22-39(23-26-41)37-14-7-6-8-15-37)42-27-30-51-46(35-42)44-18-11-12-21-50(44)59-51/h6-8,11-15,18-31,34-36,38,52H,9-10,16-17,32-33H2,1-5H3. The van der Waals surface area contributed by atoms with Crippen LogP contribution in [0.3, 0.4) is 0 Å². The van der Waals surface area contributed by atoms with Crippen molar-refractivity contribution in [3.05, 3.63) is 157 Å². The fourth-order valence-electron chi connectivity index (χ4n) is 11.5. The molecule has 3 heteroatoms.